The highest BCUT2D eigenvalue weighted by atomic mass is 16.7. The van der Waals surface area contributed by atoms with Crippen molar-refractivity contribution in [2.24, 2.45) is 0 Å². The Hall–Kier alpha value is -2.36. The molecule has 0 bridgehead atoms. The number of benzene rings is 4. The van der Waals surface area contributed by atoms with Crippen molar-refractivity contribution in [3.8, 4) is 0 Å². The maximum atomic E-state index is 6.43. The predicted molar refractivity (Wildman–Crippen MR) is 119 cm³/mol. The first-order valence-electron chi connectivity index (χ1n) is 10.1. The third-order valence-corrected chi connectivity index (χ3v) is 6.76. The van der Waals surface area contributed by atoms with Crippen LogP contribution in [0.5, 0.6) is 0 Å². The largest absolute Gasteiger partial charge is 0.494 e. The van der Waals surface area contributed by atoms with Crippen LogP contribution in [0.15, 0.2) is 66.7 Å². The summed E-state index contributed by atoms with van der Waals surface area (Å²) in [5.41, 5.74) is 0.462. The Labute approximate surface area is 166 Å². The van der Waals surface area contributed by atoms with Crippen LogP contribution in [0.2, 0.25) is 0 Å². The molecular weight excluding hydrogens is 343 g/mol. The molecule has 1 unspecified atom stereocenters. The second-order valence-corrected chi connectivity index (χ2v) is 8.56. The Kier molecular flexibility index (Phi) is 3.84. The molecule has 1 heterocycles. The van der Waals surface area contributed by atoms with Crippen LogP contribution >= 0.6 is 0 Å². The molecule has 4 aromatic carbocycles. The molecular formula is C25H25BO2. The molecule has 0 amide bonds. The van der Waals surface area contributed by atoms with Crippen molar-refractivity contribution in [2.75, 3.05) is 0 Å². The molecule has 0 spiro atoms. The zero-order chi connectivity index (χ0) is 19.5. The van der Waals surface area contributed by atoms with Gasteiger partial charge in [-0.25, -0.2) is 0 Å². The summed E-state index contributed by atoms with van der Waals surface area (Å²) in [5, 5.41) is 7.67. The number of rotatable bonds is 2. The average molecular weight is 368 g/mol. The molecule has 1 aliphatic rings. The second-order valence-electron chi connectivity index (χ2n) is 8.56. The van der Waals surface area contributed by atoms with E-state index in [-0.39, 0.29) is 18.3 Å². The van der Waals surface area contributed by atoms with Crippen molar-refractivity contribution >= 4 is 44.9 Å². The van der Waals surface area contributed by atoms with E-state index in [4.69, 9.17) is 9.31 Å². The molecule has 4 aromatic rings. The van der Waals surface area contributed by atoms with Crippen LogP contribution < -0.4 is 5.46 Å². The van der Waals surface area contributed by atoms with Gasteiger partial charge in [0, 0.05) is 0 Å². The zero-order valence-electron chi connectivity index (χ0n) is 17.0. The van der Waals surface area contributed by atoms with Gasteiger partial charge in [-0.1, -0.05) is 73.7 Å². The molecule has 1 fully saturated rings. The lowest BCUT2D eigenvalue weighted by Crippen LogP contribution is -2.44. The number of hydrogen-bond acceptors (Lipinski definition) is 2. The molecule has 2 nitrogen and oxygen atoms in total. The van der Waals surface area contributed by atoms with Crippen LogP contribution in [0.1, 0.15) is 34.1 Å². The Morgan fingerprint density at radius 3 is 1.68 bits per heavy atom. The van der Waals surface area contributed by atoms with E-state index in [1.54, 1.807) is 0 Å². The molecule has 1 aliphatic heterocycles. The highest BCUT2D eigenvalue weighted by molar-refractivity contribution is 6.62. The molecule has 1 saturated heterocycles. The first-order valence-corrected chi connectivity index (χ1v) is 10.1. The van der Waals surface area contributed by atoms with E-state index in [1.165, 1.54) is 32.3 Å². The molecule has 3 heteroatoms. The van der Waals surface area contributed by atoms with E-state index in [9.17, 15) is 0 Å². The van der Waals surface area contributed by atoms with Gasteiger partial charge in [-0.05, 0) is 65.0 Å². The van der Waals surface area contributed by atoms with Gasteiger partial charge in [-0.15, -0.1) is 0 Å². The SMILES string of the molecule is CCC1(C)OB(c2ccc3c4ccccc4c4ccccc4c3c2)OC1(C)C. The van der Waals surface area contributed by atoms with Crippen molar-refractivity contribution < 1.29 is 9.31 Å². The van der Waals surface area contributed by atoms with E-state index in [1.807, 2.05) is 0 Å². The third kappa shape index (κ3) is 2.43. The van der Waals surface area contributed by atoms with Gasteiger partial charge in [-0.3, -0.25) is 0 Å². The highest BCUT2D eigenvalue weighted by Crippen LogP contribution is 2.40. The monoisotopic (exact) mass is 368 g/mol. The lowest BCUT2D eigenvalue weighted by molar-refractivity contribution is -0.0118. The molecule has 5 rings (SSSR count). The van der Waals surface area contributed by atoms with Gasteiger partial charge < -0.3 is 9.31 Å². The Morgan fingerprint density at radius 2 is 1.18 bits per heavy atom. The summed E-state index contributed by atoms with van der Waals surface area (Å²) in [4.78, 5) is 0. The average Bonchev–Trinajstić information content (AvgIpc) is 2.97. The van der Waals surface area contributed by atoms with Crippen molar-refractivity contribution in [1.29, 1.82) is 0 Å². The lowest BCUT2D eigenvalue weighted by Gasteiger charge is -2.35. The fourth-order valence-electron chi connectivity index (χ4n) is 4.51. The van der Waals surface area contributed by atoms with Gasteiger partial charge in [-0.2, -0.15) is 0 Å². The van der Waals surface area contributed by atoms with Crippen LogP contribution in [0.4, 0.5) is 0 Å². The Morgan fingerprint density at radius 1 is 0.679 bits per heavy atom. The van der Waals surface area contributed by atoms with Crippen molar-refractivity contribution in [3.63, 3.8) is 0 Å². The van der Waals surface area contributed by atoms with E-state index in [0.717, 1.165) is 11.9 Å². The van der Waals surface area contributed by atoms with Gasteiger partial charge in [0.05, 0.1) is 11.2 Å². The van der Waals surface area contributed by atoms with Crippen molar-refractivity contribution in [3.05, 3.63) is 66.7 Å². The van der Waals surface area contributed by atoms with Crippen LogP contribution in [0, 0.1) is 0 Å². The van der Waals surface area contributed by atoms with Crippen LogP contribution in [0.25, 0.3) is 32.3 Å². The fraction of sp³-hybridized carbons (Fsp3) is 0.280. The summed E-state index contributed by atoms with van der Waals surface area (Å²) in [5.74, 6) is 0. The first kappa shape index (κ1) is 17.7. The van der Waals surface area contributed by atoms with Crippen LogP contribution in [0.3, 0.4) is 0 Å². The first-order chi connectivity index (χ1) is 13.4. The lowest BCUT2D eigenvalue weighted by atomic mass is 9.77. The smallest absolute Gasteiger partial charge is 0.399 e. The van der Waals surface area contributed by atoms with E-state index in [2.05, 4.69) is 94.4 Å². The summed E-state index contributed by atoms with van der Waals surface area (Å²) in [6.07, 6.45) is 0.914. The van der Waals surface area contributed by atoms with Gasteiger partial charge in [0.2, 0.25) is 0 Å². The maximum Gasteiger partial charge on any atom is 0.494 e. The molecule has 0 N–H and O–H groups in total. The predicted octanol–water partition coefficient (Wildman–Crippen LogP) is 5.84. The maximum absolute atomic E-state index is 6.43. The number of hydrogen-bond donors (Lipinski definition) is 0. The summed E-state index contributed by atoms with van der Waals surface area (Å²) in [7, 11) is -0.338. The zero-order valence-corrected chi connectivity index (χ0v) is 17.0. The molecule has 140 valence electrons. The standard InChI is InChI=1S/C25H25BO2/c1-5-25(4)24(2,3)27-26(28-25)17-14-15-22-20-12-7-6-10-18(20)19-11-8-9-13-21(19)23(22)16-17/h6-16H,5H2,1-4H3. The van der Waals surface area contributed by atoms with Crippen LogP contribution in [-0.2, 0) is 9.31 Å². The van der Waals surface area contributed by atoms with E-state index in [0.29, 0.717) is 0 Å². The highest BCUT2D eigenvalue weighted by Gasteiger charge is 2.53. The van der Waals surface area contributed by atoms with Gasteiger partial charge in [0.1, 0.15) is 0 Å². The van der Waals surface area contributed by atoms with Gasteiger partial charge in [0.25, 0.3) is 0 Å². The van der Waals surface area contributed by atoms with Crippen LogP contribution in [-0.4, -0.2) is 18.3 Å². The van der Waals surface area contributed by atoms with E-state index >= 15 is 0 Å². The van der Waals surface area contributed by atoms with Gasteiger partial charge >= 0.3 is 7.12 Å². The minimum absolute atomic E-state index is 0.294. The van der Waals surface area contributed by atoms with E-state index < -0.39 is 0 Å². The molecule has 0 radical (unpaired) electrons. The van der Waals surface area contributed by atoms with Gasteiger partial charge in [0.15, 0.2) is 0 Å². The molecule has 28 heavy (non-hydrogen) atoms. The Bertz CT molecular complexity index is 1180. The topological polar surface area (TPSA) is 18.5 Å². The van der Waals surface area contributed by atoms with Crippen molar-refractivity contribution in [1.82, 2.24) is 0 Å². The third-order valence-electron chi connectivity index (χ3n) is 6.76. The summed E-state index contributed by atoms with van der Waals surface area (Å²) >= 11 is 0. The molecule has 0 aliphatic carbocycles. The Balaban J connectivity index is 1.75. The fourth-order valence-corrected chi connectivity index (χ4v) is 4.51. The normalized spacial score (nSPS) is 21.8. The second kappa shape index (κ2) is 6.07. The molecule has 1 atom stereocenters. The minimum atomic E-state index is -0.338. The summed E-state index contributed by atoms with van der Waals surface area (Å²) < 4.78 is 12.8. The van der Waals surface area contributed by atoms with Crippen molar-refractivity contribution in [2.45, 2.75) is 45.3 Å². The number of fused-ring (bicyclic) bond motifs is 6. The minimum Gasteiger partial charge on any atom is -0.399 e. The molecule has 0 aromatic heterocycles. The summed E-state index contributed by atoms with van der Waals surface area (Å²) in [6.45, 7) is 8.56. The quantitative estimate of drug-likeness (QED) is 0.327. The summed E-state index contributed by atoms with van der Waals surface area (Å²) in [6, 6.07) is 23.9. The molecule has 0 saturated carbocycles.